The van der Waals surface area contributed by atoms with E-state index in [-0.39, 0.29) is 17.5 Å². The van der Waals surface area contributed by atoms with Crippen LogP contribution in [-0.2, 0) is 20.9 Å². The Morgan fingerprint density at radius 1 is 1.44 bits per heavy atom. The van der Waals surface area contributed by atoms with Crippen molar-refractivity contribution in [2.75, 3.05) is 5.75 Å². The first kappa shape index (κ1) is 14.4. The summed E-state index contributed by atoms with van der Waals surface area (Å²) in [5, 5.41) is 19.4. The molecule has 0 bridgehead atoms. The van der Waals surface area contributed by atoms with E-state index in [2.05, 4.69) is 15.5 Å². The van der Waals surface area contributed by atoms with Crippen molar-refractivity contribution in [1.29, 1.82) is 0 Å². The van der Waals surface area contributed by atoms with E-state index < -0.39 is 17.5 Å². The summed E-state index contributed by atoms with van der Waals surface area (Å²) < 4.78 is 6.21. The Bertz CT molecular complexity index is 440. The minimum absolute atomic E-state index is 0.0251. The second-order valence-electron chi connectivity index (χ2n) is 4.39. The zero-order valence-electron chi connectivity index (χ0n) is 10.3. The normalized spacial score (nSPS) is 11.3. The molecule has 0 unspecified atom stereocenters. The van der Waals surface area contributed by atoms with Crippen molar-refractivity contribution in [2.45, 2.75) is 38.1 Å². The first-order chi connectivity index (χ1) is 8.28. The fraction of sp³-hybridized carbons (Fsp3) is 0.667. The molecule has 0 aliphatic carbocycles. The van der Waals surface area contributed by atoms with Gasteiger partial charge < -0.3 is 9.84 Å². The highest BCUT2D eigenvalue weighted by Crippen LogP contribution is 2.15. The lowest BCUT2D eigenvalue weighted by Crippen LogP contribution is -2.25. The van der Waals surface area contributed by atoms with Crippen molar-refractivity contribution in [1.82, 2.24) is 20.2 Å². The van der Waals surface area contributed by atoms with Gasteiger partial charge in [-0.25, -0.2) is 4.68 Å². The van der Waals surface area contributed by atoms with Crippen molar-refractivity contribution >= 4 is 23.7 Å². The van der Waals surface area contributed by atoms with Gasteiger partial charge in [-0.05, 0) is 31.2 Å². The predicted molar refractivity (Wildman–Crippen MR) is 62.0 cm³/mol. The third-order valence-electron chi connectivity index (χ3n) is 1.52. The number of ether oxygens (including phenoxy) is 1. The van der Waals surface area contributed by atoms with E-state index >= 15 is 0 Å². The molecule has 0 fully saturated rings. The Kier molecular flexibility index (Phi) is 4.65. The van der Waals surface area contributed by atoms with Gasteiger partial charge >= 0.3 is 11.9 Å². The molecule has 1 rings (SSSR count). The van der Waals surface area contributed by atoms with Crippen molar-refractivity contribution in [3.05, 3.63) is 0 Å². The Labute approximate surface area is 108 Å². The van der Waals surface area contributed by atoms with E-state index in [0.29, 0.717) is 0 Å². The van der Waals surface area contributed by atoms with Crippen LogP contribution in [0.3, 0.4) is 0 Å². The smallest absolute Gasteiger partial charge is 0.325 e. The average molecular weight is 274 g/mol. The summed E-state index contributed by atoms with van der Waals surface area (Å²) in [5.74, 6) is -1.43. The van der Waals surface area contributed by atoms with Gasteiger partial charge in [0, 0.05) is 0 Å². The molecule has 0 saturated carbocycles. The first-order valence-electron chi connectivity index (χ1n) is 5.10. The van der Waals surface area contributed by atoms with E-state index in [9.17, 15) is 9.59 Å². The molecule has 9 heteroatoms. The van der Waals surface area contributed by atoms with Gasteiger partial charge in [-0.15, -0.1) is 5.10 Å². The number of aromatic nitrogens is 4. The number of esters is 1. The van der Waals surface area contributed by atoms with Crippen LogP contribution < -0.4 is 0 Å². The third kappa shape index (κ3) is 5.13. The molecule has 8 nitrogen and oxygen atoms in total. The third-order valence-corrected chi connectivity index (χ3v) is 2.45. The summed E-state index contributed by atoms with van der Waals surface area (Å²) in [5.41, 5.74) is -0.551. The summed E-state index contributed by atoms with van der Waals surface area (Å²) in [6, 6.07) is 0. The van der Waals surface area contributed by atoms with Crippen molar-refractivity contribution in [3.8, 4) is 0 Å². The second kappa shape index (κ2) is 5.80. The van der Waals surface area contributed by atoms with Gasteiger partial charge in [-0.3, -0.25) is 9.59 Å². The predicted octanol–water partition coefficient (Wildman–Crippen LogP) is 0.191. The highest BCUT2D eigenvalue weighted by Gasteiger charge is 2.18. The summed E-state index contributed by atoms with van der Waals surface area (Å²) in [6.07, 6.45) is 0. The first-order valence-corrected chi connectivity index (χ1v) is 6.09. The molecule has 1 aromatic heterocycles. The number of thioether (sulfide) groups is 1. The standard InChI is InChI=1S/C9H14N4O4S/c1-9(2,3)17-7(16)5-18-8-10-11-12-13(8)4-6(14)15/h4-5H2,1-3H3,(H,14,15). The molecule has 0 atom stereocenters. The maximum Gasteiger partial charge on any atom is 0.325 e. The maximum atomic E-state index is 11.5. The quantitative estimate of drug-likeness (QED) is 0.599. The lowest BCUT2D eigenvalue weighted by Gasteiger charge is -2.19. The van der Waals surface area contributed by atoms with Crippen LogP contribution in [0.4, 0.5) is 0 Å². The molecule has 100 valence electrons. The summed E-state index contributed by atoms with van der Waals surface area (Å²) in [7, 11) is 0. The van der Waals surface area contributed by atoms with Gasteiger partial charge in [0.1, 0.15) is 12.1 Å². The lowest BCUT2D eigenvalue weighted by atomic mass is 10.2. The Balaban J connectivity index is 2.51. The number of rotatable bonds is 5. The lowest BCUT2D eigenvalue weighted by molar-refractivity contribution is -0.151. The second-order valence-corrected chi connectivity index (χ2v) is 5.33. The minimum atomic E-state index is -1.05. The Morgan fingerprint density at radius 2 is 2.11 bits per heavy atom. The van der Waals surface area contributed by atoms with E-state index in [1.807, 2.05) is 0 Å². The largest absolute Gasteiger partial charge is 0.480 e. The molecule has 0 aliphatic rings. The van der Waals surface area contributed by atoms with Gasteiger partial charge in [-0.1, -0.05) is 11.8 Å². The molecule has 18 heavy (non-hydrogen) atoms. The monoisotopic (exact) mass is 274 g/mol. The van der Waals surface area contributed by atoms with Gasteiger partial charge in [0.05, 0.1) is 5.75 Å². The SMILES string of the molecule is CC(C)(C)OC(=O)CSc1nnnn1CC(=O)O. The van der Waals surface area contributed by atoms with Crippen LogP contribution in [-0.4, -0.2) is 48.6 Å². The number of hydrogen-bond acceptors (Lipinski definition) is 7. The van der Waals surface area contributed by atoms with Gasteiger partial charge in [0.25, 0.3) is 0 Å². The van der Waals surface area contributed by atoms with Gasteiger partial charge in [0.15, 0.2) is 0 Å². The Hall–Kier alpha value is -1.64. The van der Waals surface area contributed by atoms with Crippen molar-refractivity contribution < 1.29 is 19.4 Å². The maximum absolute atomic E-state index is 11.5. The molecule has 0 amide bonds. The number of hydrogen-bond donors (Lipinski definition) is 1. The molecule has 0 aromatic carbocycles. The van der Waals surface area contributed by atoms with Gasteiger partial charge in [0.2, 0.25) is 5.16 Å². The van der Waals surface area contributed by atoms with Crippen LogP contribution in [0.25, 0.3) is 0 Å². The number of aliphatic carboxylic acids is 1. The molecular weight excluding hydrogens is 260 g/mol. The van der Waals surface area contributed by atoms with E-state index in [4.69, 9.17) is 9.84 Å². The highest BCUT2D eigenvalue weighted by molar-refractivity contribution is 7.99. The fourth-order valence-corrected chi connectivity index (χ4v) is 1.67. The average Bonchev–Trinajstić information content (AvgIpc) is 2.58. The summed E-state index contributed by atoms with van der Waals surface area (Å²) >= 11 is 1.03. The van der Waals surface area contributed by atoms with Crippen LogP contribution in [0, 0.1) is 0 Å². The van der Waals surface area contributed by atoms with Crippen molar-refractivity contribution in [3.63, 3.8) is 0 Å². The minimum Gasteiger partial charge on any atom is -0.480 e. The van der Waals surface area contributed by atoms with Crippen LogP contribution in [0.2, 0.25) is 0 Å². The number of carbonyl (C=O) groups is 2. The zero-order valence-corrected chi connectivity index (χ0v) is 11.1. The van der Waals surface area contributed by atoms with Crippen LogP contribution in [0.5, 0.6) is 0 Å². The molecule has 0 saturated heterocycles. The molecule has 0 spiro atoms. The van der Waals surface area contributed by atoms with Crippen LogP contribution in [0.1, 0.15) is 20.8 Å². The number of carboxylic acids is 1. The Morgan fingerprint density at radius 3 is 2.67 bits per heavy atom. The molecule has 1 N–H and O–H groups in total. The van der Waals surface area contributed by atoms with Crippen LogP contribution in [0.15, 0.2) is 5.16 Å². The van der Waals surface area contributed by atoms with Crippen LogP contribution >= 0.6 is 11.8 Å². The molecular formula is C9H14N4O4S. The zero-order chi connectivity index (χ0) is 13.8. The molecule has 0 aliphatic heterocycles. The topological polar surface area (TPSA) is 107 Å². The summed E-state index contributed by atoms with van der Waals surface area (Å²) in [6.45, 7) is 4.96. The number of carboxylic acid groups (broad SMARTS) is 1. The number of carbonyl (C=O) groups excluding carboxylic acids is 1. The molecule has 0 radical (unpaired) electrons. The van der Waals surface area contributed by atoms with E-state index in [0.717, 1.165) is 16.4 Å². The fourth-order valence-electron chi connectivity index (χ4n) is 1.02. The number of tetrazole rings is 1. The molecule has 1 aromatic rings. The van der Waals surface area contributed by atoms with Crippen molar-refractivity contribution in [2.24, 2.45) is 0 Å². The highest BCUT2D eigenvalue weighted by atomic mass is 32.2. The molecule has 1 heterocycles. The van der Waals surface area contributed by atoms with Gasteiger partial charge in [-0.2, -0.15) is 0 Å². The van der Waals surface area contributed by atoms with E-state index in [1.54, 1.807) is 20.8 Å². The number of nitrogens with zero attached hydrogens (tertiary/aromatic N) is 4. The summed E-state index contributed by atoms with van der Waals surface area (Å²) in [4.78, 5) is 22.0. The van der Waals surface area contributed by atoms with E-state index in [1.165, 1.54) is 0 Å².